The molecule has 530 valence electrons. The van der Waals surface area contributed by atoms with E-state index in [-0.39, 0.29) is 12.5 Å². The van der Waals surface area contributed by atoms with Crippen molar-refractivity contribution in [1.29, 1.82) is 0 Å². The third-order valence-corrected chi connectivity index (χ3v) is 19.1. The number of quaternary nitrogens is 1. The summed E-state index contributed by atoms with van der Waals surface area (Å²) in [5.41, 5.74) is 0. The van der Waals surface area contributed by atoms with Crippen LogP contribution in [0.2, 0.25) is 0 Å². The zero-order chi connectivity index (χ0) is 65.5. The maximum absolute atomic E-state index is 13.1. The highest BCUT2D eigenvalue weighted by atomic mass is 31.2. The van der Waals surface area contributed by atoms with E-state index in [9.17, 15) is 19.4 Å². The Morgan fingerprint density at radius 2 is 0.656 bits per heavy atom. The van der Waals surface area contributed by atoms with Crippen LogP contribution in [0, 0.1) is 0 Å². The smallest absolute Gasteiger partial charge is 0.268 e. The van der Waals surface area contributed by atoms with Crippen molar-refractivity contribution in [2.75, 3.05) is 40.9 Å². The molecule has 0 bridgehead atoms. The molecular formula is C81H155N2O6P. The van der Waals surface area contributed by atoms with E-state index in [1.165, 1.54) is 327 Å². The van der Waals surface area contributed by atoms with E-state index >= 15 is 0 Å². The molecule has 2 N–H and O–H groups in total. The molecule has 9 heteroatoms. The molecule has 0 aliphatic carbocycles. The van der Waals surface area contributed by atoms with Gasteiger partial charge in [-0.15, -0.1) is 0 Å². The Hall–Kier alpha value is -1.80. The lowest BCUT2D eigenvalue weighted by Gasteiger charge is -2.29. The van der Waals surface area contributed by atoms with Gasteiger partial charge in [0.2, 0.25) is 5.91 Å². The van der Waals surface area contributed by atoms with Crippen LogP contribution in [0.25, 0.3) is 0 Å². The van der Waals surface area contributed by atoms with Crippen molar-refractivity contribution in [2.24, 2.45) is 0 Å². The highest BCUT2D eigenvalue weighted by molar-refractivity contribution is 7.45. The Labute approximate surface area is 562 Å². The highest BCUT2D eigenvalue weighted by Crippen LogP contribution is 2.38. The zero-order valence-corrected chi connectivity index (χ0v) is 61.8. The molecule has 0 aromatic rings. The number of carbonyl (C=O) groups excluding carboxylic acids is 1. The second-order valence-electron chi connectivity index (χ2n) is 28.4. The number of nitrogens with zero attached hydrogens (tertiary/aromatic N) is 1. The number of phosphoric acid groups is 1. The number of phosphoric ester groups is 1. The van der Waals surface area contributed by atoms with E-state index in [1.807, 2.05) is 27.2 Å². The van der Waals surface area contributed by atoms with Crippen molar-refractivity contribution in [3.05, 3.63) is 60.8 Å². The molecule has 90 heavy (non-hydrogen) atoms. The summed E-state index contributed by atoms with van der Waals surface area (Å²) >= 11 is 0. The molecule has 0 heterocycles. The molecule has 0 fully saturated rings. The molecule has 1 amide bonds. The van der Waals surface area contributed by atoms with Crippen molar-refractivity contribution in [1.82, 2.24) is 5.32 Å². The standard InChI is InChI=1S/C81H155N2O6P/c1-6-8-10-12-14-16-18-20-22-24-26-28-30-32-34-36-38-39-40-41-42-43-45-47-49-51-53-55-57-59-61-63-65-67-69-71-73-75-81(85)82-79(78-89-90(86,87)88-77-76-83(3,4)5)80(84)74-72-70-68-66-64-62-60-58-56-54-52-50-48-46-44-37-35-33-31-29-27-25-23-21-19-17-15-13-11-9-7-2/h18,20,24,26,56,58,64,66,72,74,79-80,84H,6-17,19,21-23,25,27-55,57,59-63,65,67-71,73,75-78H2,1-5H3,(H-,82,85,86,87)/b20-18-,26-24-,58-56+,66-64+,74-72+. The fourth-order valence-corrected chi connectivity index (χ4v) is 12.8. The molecular weight excluding hydrogens is 1130 g/mol. The minimum atomic E-state index is -4.62. The second-order valence-corrected chi connectivity index (χ2v) is 29.8. The Kier molecular flexibility index (Phi) is 70.1. The van der Waals surface area contributed by atoms with Crippen molar-refractivity contribution in [2.45, 2.75) is 411 Å². The van der Waals surface area contributed by atoms with Crippen LogP contribution in [0.1, 0.15) is 399 Å². The third-order valence-electron chi connectivity index (χ3n) is 18.2. The fourth-order valence-electron chi connectivity index (χ4n) is 12.0. The summed E-state index contributed by atoms with van der Waals surface area (Å²) < 4.78 is 23.5. The Morgan fingerprint density at radius 1 is 0.389 bits per heavy atom. The first kappa shape index (κ1) is 88.2. The predicted molar refractivity (Wildman–Crippen MR) is 394 cm³/mol. The maximum Gasteiger partial charge on any atom is 0.268 e. The van der Waals surface area contributed by atoms with Gasteiger partial charge in [0.1, 0.15) is 13.2 Å². The lowest BCUT2D eigenvalue weighted by atomic mass is 10.0. The lowest BCUT2D eigenvalue weighted by Crippen LogP contribution is -2.45. The number of nitrogens with one attached hydrogen (secondary N) is 1. The molecule has 3 unspecified atom stereocenters. The summed E-state index contributed by atoms with van der Waals surface area (Å²) in [6.45, 7) is 4.67. The van der Waals surface area contributed by atoms with Gasteiger partial charge in [-0.05, 0) is 77.0 Å². The van der Waals surface area contributed by atoms with Gasteiger partial charge in [-0.25, -0.2) is 0 Å². The van der Waals surface area contributed by atoms with Crippen molar-refractivity contribution >= 4 is 13.7 Å². The quantitative estimate of drug-likeness (QED) is 0.0272. The summed E-state index contributed by atoms with van der Waals surface area (Å²) in [5.74, 6) is -0.204. The second kappa shape index (κ2) is 71.5. The third kappa shape index (κ3) is 73.6. The first-order valence-electron chi connectivity index (χ1n) is 39.7. The average molecular weight is 1280 g/mol. The van der Waals surface area contributed by atoms with Gasteiger partial charge in [-0.2, -0.15) is 0 Å². The van der Waals surface area contributed by atoms with E-state index in [0.717, 1.165) is 51.4 Å². The van der Waals surface area contributed by atoms with E-state index < -0.39 is 26.6 Å². The summed E-state index contributed by atoms with van der Waals surface area (Å²) in [4.78, 5) is 25.7. The molecule has 0 aromatic heterocycles. The lowest BCUT2D eigenvalue weighted by molar-refractivity contribution is -0.870. The van der Waals surface area contributed by atoms with Gasteiger partial charge in [0.15, 0.2) is 0 Å². The van der Waals surface area contributed by atoms with Crippen LogP contribution in [0.5, 0.6) is 0 Å². The number of carbonyl (C=O) groups is 1. The van der Waals surface area contributed by atoms with Crippen LogP contribution in [-0.4, -0.2) is 68.5 Å². The van der Waals surface area contributed by atoms with E-state index in [4.69, 9.17) is 9.05 Å². The fraction of sp³-hybridized carbons (Fsp3) is 0.864. The Morgan fingerprint density at radius 3 is 0.967 bits per heavy atom. The normalized spacial score (nSPS) is 13.8. The van der Waals surface area contributed by atoms with Gasteiger partial charge in [-0.3, -0.25) is 9.36 Å². The van der Waals surface area contributed by atoms with Gasteiger partial charge in [-0.1, -0.05) is 376 Å². The number of aliphatic hydroxyl groups excluding tert-OH is 1. The summed E-state index contributed by atoms with van der Waals surface area (Å²) in [6, 6.07) is -0.912. The topological polar surface area (TPSA) is 108 Å². The minimum Gasteiger partial charge on any atom is -0.756 e. The molecule has 0 spiro atoms. The van der Waals surface area contributed by atoms with Crippen molar-refractivity contribution < 1.29 is 32.9 Å². The number of unbranched alkanes of at least 4 members (excludes halogenated alkanes) is 53. The van der Waals surface area contributed by atoms with Crippen molar-refractivity contribution in [3.8, 4) is 0 Å². The van der Waals surface area contributed by atoms with Crippen LogP contribution in [-0.2, 0) is 18.4 Å². The van der Waals surface area contributed by atoms with E-state index in [2.05, 4.69) is 67.8 Å². The number of hydrogen-bond donors (Lipinski definition) is 2. The number of rotatable bonds is 74. The average Bonchev–Trinajstić information content (AvgIpc) is 3.18. The monoisotopic (exact) mass is 1280 g/mol. The van der Waals surface area contributed by atoms with Gasteiger partial charge in [0.05, 0.1) is 39.9 Å². The molecule has 0 saturated heterocycles. The number of allylic oxidation sites excluding steroid dienone is 9. The first-order valence-corrected chi connectivity index (χ1v) is 41.1. The number of likely N-dealkylation sites (N-methyl/N-ethyl adjacent to an activating group) is 1. The first-order chi connectivity index (χ1) is 44.0. The maximum atomic E-state index is 13.1. The number of aliphatic hydroxyl groups is 1. The molecule has 0 rings (SSSR count). The summed E-state index contributed by atoms with van der Waals surface area (Å²) in [5, 5.41) is 14.0. The van der Waals surface area contributed by atoms with E-state index in [1.54, 1.807) is 6.08 Å². The van der Waals surface area contributed by atoms with Crippen LogP contribution < -0.4 is 10.2 Å². The number of amides is 1. The largest absolute Gasteiger partial charge is 0.756 e. The molecule has 0 aromatic carbocycles. The van der Waals surface area contributed by atoms with Crippen molar-refractivity contribution in [3.63, 3.8) is 0 Å². The SMILES string of the molecule is CCCCCCC/C=C\C/C=C\CCCCCCCCCCCCCCCCCCCCCCCCCCCC(=O)NC(COP(=O)([O-])OCC[N+](C)(C)C)C(O)/C=C/CC/C=C/CC/C=C/CCCCCCCCCCCCCCCCCCCCCCC. The highest BCUT2D eigenvalue weighted by Gasteiger charge is 2.23. The number of hydrogen-bond acceptors (Lipinski definition) is 6. The van der Waals surface area contributed by atoms with Crippen LogP contribution in [0.4, 0.5) is 0 Å². The zero-order valence-electron chi connectivity index (χ0n) is 60.9. The Bertz CT molecular complexity index is 1650. The molecule has 0 saturated carbocycles. The van der Waals surface area contributed by atoms with Crippen LogP contribution in [0.15, 0.2) is 60.8 Å². The minimum absolute atomic E-state index is 0.00832. The van der Waals surface area contributed by atoms with E-state index in [0.29, 0.717) is 17.4 Å². The molecule has 0 radical (unpaired) electrons. The summed E-state index contributed by atoms with van der Waals surface area (Å²) in [6.07, 6.45) is 99.7. The van der Waals surface area contributed by atoms with Crippen LogP contribution in [0.3, 0.4) is 0 Å². The van der Waals surface area contributed by atoms with Gasteiger partial charge in [0.25, 0.3) is 7.82 Å². The van der Waals surface area contributed by atoms with Gasteiger partial charge in [0, 0.05) is 6.42 Å². The van der Waals surface area contributed by atoms with Crippen LogP contribution >= 0.6 is 7.82 Å². The summed E-state index contributed by atoms with van der Waals surface area (Å²) in [7, 11) is 1.25. The molecule has 8 nitrogen and oxygen atoms in total. The Balaban J connectivity index is 4.00. The van der Waals surface area contributed by atoms with Gasteiger partial charge >= 0.3 is 0 Å². The molecule has 0 aliphatic heterocycles. The predicted octanol–water partition coefficient (Wildman–Crippen LogP) is 25.3. The van der Waals surface area contributed by atoms with Gasteiger partial charge < -0.3 is 28.8 Å². The molecule has 3 atom stereocenters. The molecule has 0 aliphatic rings.